The van der Waals surface area contributed by atoms with Gasteiger partial charge in [-0.1, -0.05) is 23.7 Å². The smallest absolute Gasteiger partial charge is 0.149 e. The number of pyridine rings is 1. The number of aliphatic hydroxyl groups excluding tert-OH is 1. The highest BCUT2D eigenvalue weighted by Crippen LogP contribution is 2.59. The summed E-state index contributed by atoms with van der Waals surface area (Å²) in [7, 11) is -1.16. The predicted molar refractivity (Wildman–Crippen MR) is 125 cm³/mol. The lowest BCUT2D eigenvalue weighted by molar-refractivity contribution is 0.144. The van der Waals surface area contributed by atoms with Gasteiger partial charge in [0.1, 0.15) is 17.5 Å². The van der Waals surface area contributed by atoms with Crippen LogP contribution in [-0.4, -0.2) is 45.3 Å². The summed E-state index contributed by atoms with van der Waals surface area (Å²) in [5.41, 5.74) is 2.87. The standard InChI is InChI=1S/C24H25ClN4O2S/c25-15-4-2-14(3-5-15)20-17-11-29(12-18(17)20)23-16(10-26)21(28-24(13-30)7-1-8-24)22-19(27-23)6-9-32(22)31/h2-5,17-18,20,30H,1,6-9,11-13H2,(H,27,28). The van der Waals surface area contributed by atoms with E-state index in [1.54, 1.807) is 0 Å². The Bertz CT molecular complexity index is 1140. The molecule has 6 nitrogen and oxygen atoms in total. The van der Waals surface area contributed by atoms with Crippen LogP contribution in [0.5, 0.6) is 0 Å². The number of anilines is 2. The molecule has 0 amide bonds. The van der Waals surface area contributed by atoms with Gasteiger partial charge in [0, 0.05) is 30.3 Å². The minimum absolute atomic E-state index is 0.00751. The molecule has 32 heavy (non-hydrogen) atoms. The van der Waals surface area contributed by atoms with Crippen LogP contribution in [0.1, 0.15) is 42.0 Å². The number of nitrogens with one attached hydrogen (secondary N) is 1. The van der Waals surface area contributed by atoms with Crippen molar-refractivity contribution in [3.63, 3.8) is 0 Å². The number of nitrogens with zero attached hydrogens (tertiary/aromatic N) is 3. The van der Waals surface area contributed by atoms with Crippen molar-refractivity contribution < 1.29 is 9.32 Å². The van der Waals surface area contributed by atoms with E-state index in [0.717, 1.165) is 43.1 Å². The van der Waals surface area contributed by atoms with Crippen LogP contribution in [0.2, 0.25) is 5.02 Å². The summed E-state index contributed by atoms with van der Waals surface area (Å²) < 4.78 is 12.8. The Morgan fingerprint density at radius 3 is 2.59 bits per heavy atom. The molecule has 1 aromatic carbocycles. The zero-order valence-electron chi connectivity index (χ0n) is 17.7. The third-order valence-electron chi connectivity index (χ3n) is 7.82. The summed E-state index contributed by atoms with van der Waals surface area (Å²) in [5.74, 6) is 2.90. The SMILES string of the molecule is N#Cc1c(N2CC3C(C2)C3c2ccc(Cl)cc2)nc2c(c1NC1(CO)CCC1)S(=O)CC2. The molecule has 4 aliphatic rings. The number of hydrogen-bond acceptors (Lipinski definition) is 6. The first kappa shape index (κ1) is 20.5. The molecule has 2 aliphatic heterocycles. The number of rotatable bonds is 5. The fraction of sp³-hybridized carbons (Fsp3) is 0.500. The second-order valence-electron chi connectivity index (χ2n) is 9.60. The number of benzene rings is 1. The minimum atomic E-state index is -1.16. The Balaban J connectivity index is 1.32. The maximum Gasteiger partial charge on any atom is 0.149 e. The largest absolute Gasteiger partial charge is 0.394 e. The molecule has 8 heteroatoms. The fourth-order valence-electron chi connectivity index (χ4n) is 5.83. The van der Waals surface area contributed by atoms with Crippen LogP contribution in [0.25, 0.3) is 0 Å². The topological polar surface area (TPSA) is 89.2 Å². The molecule has 2 N–H and O–H groups in total. The van der Waals surface area contributed by atoms with E-state index < -0.39 is 16.3 Å². The molecule has 3 fully saturated rings. The van der Waals surface area contributed by atoms with Gasteiger partial charge in [0.2, 0.25) is 0 Å². The van der Waals surface area contributed by atoms with Crippen LogP contribution in [0.15, 0.2) is 29.2 Å². The predicted octanol–water partition coefficient (Wildman–Crippen LogP) is 3.45. The average molecular weight is 469 g/mol. The summed E-state index contributed by atoms with van der Waals surface area (Å²) >= 11 is 6.05. The molecule has 166 valence electrons. The van der Waals surface area contributed by atoms with E-state index in [-0.39, 0.29) is 6.61 Å². The van der Waals surface area contributed by atoms with Gasteiger partial charge < -0.3 is 15.3 Å². The second kappa shape index (κ2) is 7.44. The monoisotopic (exact) mass is 468 g/mol. The number of aryl methyl sites for hydroxylation is 1. The Hall–Kier alpha value is -2.14. The van der Waals surface area contributed by atoms with Gasteiger partial charge in [-0.3, -0.25) is 4.21 Å². The first-order valence-electron chi connectivity index (χ1n) is 11.3. The third-order valence-corrected chi connectivity index (χ3v) is 9.54. The second-order valence-corrected chi connectivity index (χ2v) is 11.5. The summed E-state index contributed by atoms with van der Waals surface area (Å²) in [6.45, 7) is 1.74. The van der Waals surface area contributed by atoms with Crippen LogP contribution >= 0.6 is 11.6 Å². The molecule has 0 spiro atoms. The molecule has 3 unspecified atom stereocenters. The molecule has 0 radical (unpaired) electrons. The molecular weight excluding hydrogens is 444 g/mol. The Kier molecular flexibility index (Phi) is 4.76. The van der Waals surface area contributed by atoms with Gasteiger partial charge in [0.05, 0.1) is 39.2 Å². The summed E-state index contributed by atoms with van der Waals surface area (Å²) in [6.07, 6.45) is 3.41. The van der Waals surface area contributed by atoms with E-state index >= 15 is 0 Å². The van der Waals surface area contributed by atoms with Crippen molar-refractivity contribution in [1.29, 1.82) is 5.26 Å². The number of piperidine rings is 1. The molecule has 3 heterocycles. The van der Waals surface area contributed by atoms with Crippen LogP contribution in [-0.2, 0) is 17.2 Å². The van der Waals surface area contributed by atoms with E-state index in [2.05, 4.69) is 28.4 Å². The summed E-state index contributed by atoms with van der Waals surface area (Å²) in [4.78, 5) is 7.78. The van der Waals surface area contributed by atoms with Gasteiger partial charge in [0.15, 0.2) is 0 Å². The summed E-state index contributed by atoms with van der Waals surface area (Å²) in [6, 6.07) is 10.5. The quantitative estimate of drug-likeness (QED) is 0.698. The fourth-order valence-corrected chi connectivity index (χ4v) is 7.33. The van der Waals surface area contributed by atoms with E-state index in [0.29, 0.717) is 51.9 Å². The van der Waals surface area contributed by atoms with Crippen molar-refractivity contribution in [3.05, 3.63) is 46.1 Å². The number of halogens is 1. The average Bonchev–Trinajstić information content (AvgIpc) is 3.08. The normalized spacial score (nSPS) is 29.1. The van der Waals surface area contributed by atoms with Crippen molar-refractivity contribution in [2.45, 2.75) is 42.0 Å². The molecule has 1 saturated heterocycles. The zero-order valence-corrected chi connectivity index (χ0v) is 19.3. The Morgan fingerprint density at radius 1 is 1.28 bits per heavy atom. The van der Waals surface area contributed by atoms with Gasteiger partial charge >= 0.3 is 0 Å². The van der Waals surface area contributed by atoms with Gasteiger partial charge in [-0.05, 0) is 54.7 Å². The minimum Gasteiger partial charge on any atom is -0.394 e. The lowest BCUT2D eigenvalue weighted by Gasteiger charge is -2.42. The van der Waals surface area contributed by atoms with Gasteiger partial charge in [-0.15, -0.1) is 0 Å². The van der Waals surface area contributed by atoms with Crippen molar-refractivity contribution in [2.24, 2.45) is 11.8 Å². The first-order valence-corrected chi connectivity index (χ1v) is 13.0. The number of hydrogen-bond donors (Lipinski definition) is 2. The van der Waals surface area contributed by atoms with Crippen molar-refractivity contribution >= 4 is 33.9 Å². The number of nitriles is 1. The van der Waals surface area contributed by atoms with Crippen molar-refractivity contribution in [2.75, 3.05) is 35.7 Å². The van der Waals surface area contributed by atoms with Crippen LogP contribution in [0, 0.1) is 23.2 Å². The molecule has 6 rings (SSSR count). The van der Waals surface area contributed by atoms with Gasteiger partial charge in [-0.2, -0.15) is 5.26 Å². The molecule has 2 saturated carbocycles. The number of aliphatic hydroxyl groups is 1. The molecule has 2 aromatic rings. The Morgan fingerprint density at radius 2 is 2.00 bits per heavy atom. The third kappa shape index (κ3) is 3.07. The van der Waals surface area contributed by atoms with E-state index in [1.807, 2.05) is 12.1 Å². The van der Waals surface area contributed by atoms with Crippen LogP contribution in [0.4, 0.5) is 11.5 Å². The van der Waals surface area contributed by atoms with Crippen LogP contribution < -0.4 is 10.2 Å². The molecule has 3 atom stereocenters. The maximum atomic E-state index is 12.8. The van der Waals surface area contributed by atoms with E-state index in [9.17, 15) is 14.6 Å². The highest BCUT2D eigenvalue weighted by atomic mass is 35.5. The Labute approximate surface area is 195 Å². The van der Waals surface area contributed by atoms with Gasteiger partial charge in [0.25, 0.3) is 0 Å². The van der Waals surface area contributed by atoms with E-state index in [1.165, 1.54) is 5.56 Å². The van der Waals surface area contributed by atoms with E-state index in [4.69, 9.17) is 16.6 Å². The molecule has 0 bridgehead atoms. The summed E-state index contributed by atoms with van der Waals surface area (Å²) in [5, 5.41) is 24.4. The van der Waals surface area contributed by atoms with Crippen LogP contribution in [0.3, 0.4) is 0 Å². The number of fused-ring (bicyclic) bond motifs is 2. The van der Waals surface area contributed by atoms with Crippen molar-refractivity contribution in [1.82, 2.24) is 4.98 Å². The first-order chi connectivity index (χ1) is 15.5. The highest BCUT2D eigenvalue weighted by molar-refractivity contribution is 7.85. The lowest BCUT2D eigenvalue weighted by Crippen LogP contribution is -2.48. The molecule has 1 aromatic heterocycles. The number of aromatic nitrogens is 1. The maximum absolute atomic E-state index is 12.8. The van der Waals surface area contributed by atoms with Gasteiger partial charge in [-0.25, -0.2) is 4.98 Å². The molecular formula is C24H25ClN4O2S. The molecule has 2 aliphatic carbocycles. The van der Waals surface area contributed by atoms with Crippen molar-refractivity contribution in [3.8, 4) is 6.07 Å². The highest BCUT2D eigenvalue weighted by Gasteiger charge is 2.57. The zero-order chi connectivity index (χ0) is 22.0. The lowest BCUT2D eigenvalue weighted by atomic mass is 9.77.